The van der Waals surface area contributed by atoms with Gasteiger partial charge in [-0.1, -0.05) is 0 Å². The Hall–Kier alpha value is -1.37. The zero-order chi connectivity index (χ0) is 16.1. The summed E-state index contributed by atoms with van der Waals surface area (Å²) in [7, 11) is 0. The maximum Gasteiger partial charge on any atom is 0.426 e. The highest BCUT2D eigenvalue weighted by Crippen LogP contribution is 2.14. The van der Waals surface area contributed by atoms with Crippen LogP contribution in [0.2, 0.25) is 0 Å². The molecule has 116 valence electrons. The lowest BCUT2D eigenvalue weighted by Gasteiger charge is -2.28. The molecule has 0 fully saturated rings. The van der Waals surface area contributed by atoms with Gasteiger partial charge in [0.2, 0.25) is 0 Å². The normalized spacial score (nSPS) is 11.6. The second kappa shape index (κ2) is 6.88. The van der Waals surface area contributed by atoms with E-state index < -0.39 is 23.4 Å². The number of thiocarbonyl (C=S) groups is 1. The lowest BCUT2D eigenvalue weighted by molar-refractivity contribution is 0.0146. The van der Waals surface area contributed by atoms with Crippen LogP contribution in [0.1, 0.15) is 48.5 Å². The summed E-state index contributed by atoms with van der Waals surface area (Å²) in [4.78, 5) is 24.8. The smallest absolute Gasteiger partial charge is 0.426 e. The quantitative estimate of drug-likeness (QED) is 0.751. The number of hydrogen-bond donors (Lipinski definition) is 1. The maximum atomic E-state index is 12.1. The number of ether oxygens (including phenoxy) is 2. The molecule has 0 aliphatic rings. The molecule has 0 aromatic carbocycles. The third-order valence-electron chi connectivity index (χ3n) is 1.68. The van der Waals surface area contributed by atoms with Crippen molar-refractivity contribution in [2.45, 2.75) is 59.7 Å². The number of hydrogen-bond acceptors (Lipinski definition) is 5. The fourth-order valence-corrected chi connectivity index (χ4v) is 1.38. The zero-order valence-corrected chi connectivity index (χ0v) is 14.0. The first-order valence-electron chi connectivity index (χ1n) is 6.41. The number of nitrogens with one attached hydrogen (secondary N) is 1. The van der Waals surface area contributed by atoms with Crippen LogP contribution in [0.3, 0.4) is 0 Å². The predicted octanol–water partition coefficient (Wildman–Crippen LogP) is 3.05. The molecule has 0 unspecified atom stereocenters. The van der Waals surface area contributed by atoms with E-state index in [1.54, 1.807) is 48.5 Å². The standard InChI is InChI=1S/C13H24N2O4S/c1-8-14-9(20)15(10(16)18-12(2,3)4)11(17)19-13(5,6)7/h8H2,1-7H3,(H,14,20). The van der Waals surface area contributed by atoms with Gasteiger partial charge in [-0.05, 0) is 60.7 Å². The van der Waals surface area contributed by atoms with Crippen molar-refractivity contribution in [1.82, 2.24) is 10.2 Å². The third-order valence-corrected chi connectivity index (χ3v) is 2.01. The molecule has 0 spiro atoms. The summed E-state index contributed by atoms with van der Waals surface area (Å²) in [6.07, 6.45) is -1.73. The summed E-state index contributed by atoms with van der Waals surface area (Å²) in [6, 6.07) is 0. The van der Waals surface area contributed by atoms with E-state index in [-0.39, 0.29) is 5.11 Å². The minimum absolute atomic E-state index is 0.0454. The molecule has 0 saturated heterocycles. The second-order valence-corrected chi connectivity index (χ2v) is 6.52. The number of carbonyl (C=O) groups is 2. The zero-order valence-electron chi connectivity index (χ0n) is 13.2. The van der Waals surface area contributed by atoms with Crippen LogP contribution in [0.25, 0.3) is 0 Å². The van der Waals surface area contributed by atoms with Crippen molar-refractivity contribution < 1.29 is 19.1 Å². The molecule has 0 saturated carbocycles. The van der Waals surface area contributed by atoms with Crippen molar-refractivity contribution in [3.8, 4) is 0 Å². The van der Waals surface area contributed by atoms with Gasteiger partial charge in [-0.15, -0.1) is 0 Å². The third kappa shape index (κ3) is 7.28. The molecular formula is C13H24N2O4S. The van der Waals surface area contributed by atoms with Crippen molar-refractivity contribution in [1.29, 1.82) is 0 Å². The van der Waals surface area contributed by atoms with Crippen molar-refractivity contribution in [2.24, 2.45) is 0 Å². The number of carbonyl (C=O) groups excluding carboxylic acids is 2. The highest BCUT2D eigenvalue weighted by molar-refractivity contribution is 7.80. The van der Waals surface area contributed by atoms with E-state index in [1.165, 1.54) is 0 Å². The molecule has 7 heteroatoms. The van der Waals surface area contributed by atoms with Crippen LogP contribution in [0, 0.1) is 0 Å². The molecule has 0 aliphatic carbocycles. The Morgan fingerprint density at radius 1 is 1.00 bits per heavy atom. The molecule has 0 bridgehead atoms. The van der Waals surface area contributed by atoms with Gasteiger partial charge in [-0.3, -0.25) is 0 Å². The molecule has 0 aromatic heterocycles. The Morgan fingerprint density at radius 2 is 1.35 bits per heavy atom. The maximum absolute atomic E-state index is 12.1. The minimum Gasteiger partial charge on any atom is -0.443 e. The molecule has 0 rings (SSSR count). The Morgan fingerprint density at radius 3 is 1.60 bits per heavy atom. The lowest BCUT2D eigenvalue weighted by Crippen LogP contribution is -2.50. The molecule has 0 aliphatic heterocycles. The van der Waals surface area contributed by atoms with Crippen LogP contribution in [0.5, 0.6) is 0 Å². The van der Waals surface area contributed by atoms with Gasteiger partial charge in [-0.25, -0.2) is 9.59 Å². The fourth-order valence-electron chi connectivity index (χ4n) is 1.09. The van der Waals surface area contributed by atoms with Gasteiger partial charge >= 0.3 is 12.2 Å². The molecule has 0 aromatic rings. The summed E-state index contributed by atoms with van der Waals surface area (Å²) in [5, 5.41) is 2.69. The lowest BCUT2D eigenvalue weighted by atomic mass is 10.2. The Kier molecular flexibility index (Phi) is 6.40. The number of imide groups is 1. The first-order valence-corrected chi connectivity index (χ1v) is 6.82. The van der Waals surface area contributed by atoms with Crippen molar-refractivity contribution in [3.05, 3.63) is 0 Å². The van der Waals surface area contributed by atoms with Crippen molar-refractivity contribution in [3.63, 3.8) is 0 Å². The van der Waals surface area contributed by atoms with E-state index in [0.717, 1.165) is 0 Å². The van der Waals surface area contributed by atoms with Crippen LogP contribution in [-0.4, -0.2) is 39.9 Å². The van der Waals surface area contributed by atoms with E-state index in [9.17, 15) is 9.59 Å². The molecule has 2 amide bonds. The van der Waals surface area contributed by atoms with Gasteiger partial charge in [0.05, 0.1) is 0 Å². The summed E-state index contributed by atoms with van der Waals surface area (Å²) >= 11 is 5.02. The molecule has 20 heavy (non-hydrogen) atoms. The van der Waals surface area contributed by atoms with Gasteiger partial charge < -0.3 is 14.8 Å². The van der Waals surface area contributed by atoms with Gasteiger partial charge in [0.25, 0.3) is 0 Å². The molecular weight excluding hydrogens is 280 g/mol. The van der Waals surface area contributed by atoms with E-state index in [1.807, 2.05) is 0 Å². The van der Waals surface area contributed by atoms with Gasteiger partial charge in [0, 0.05) is 6.54 Å². The van der Waals surface area contributed by atoms with E-state index in [4.69, 9.17) is 21.7 Å². The number of amides is 2. The topological polar surface area (TPSA) is 67.9 Å². The van der Waals surface area contributed by atoms with E-state index in [2.05, 4.69) is 5.32 Å². The summed E-state index contributed by atoms with van der Waals surface area (Å²) in [5.74, 6) is 0. The largest absolute Gasteiger partial charge is 0.443 e. The van der Waals surface area contributed by atoms with Crippen LogP contribution in [0.4, 0.5) is 9.59 Å². The molecule has 1 N–H and O–H groups in total. The van der Waals surface area contributed by atoms with Crippen molar-refractivity contribution >= 4 is 29.5 Å². The number of nitrogens with zero attached hydrogens (tertiary/aromatic N) is 1. The summed E-state index contributed by atoms with van der Waals surface area (Å²) in [5.41, 5.74) is -1.47. The van der Waals surface area contributed by atoms with Crippen LogP contribution >= 0.6 is 12.2 Å². The minimum atomic E-state index is -0.863. The van der Waals surface area contributed by atoms with Crippen LogP contribution in [-0.2, 0) is 9.47 Å². The average molecular weight is 304 g/mol. The molecule has 0 heterocycles. The van der Waals surface area contributed by atoms with Crippen LogP contribution in [0.15, 0.2) is 0 Å². The summed E-state index contributed by atoms with van der Waals surface area (Å²) < 4.78 is 10.3. The van der Waals surface area contributed by atoms with Gasteiger partial charge in [-0.2, -0.15) is 4.90 Å². The van der Waals surface area contributed by atoms with E-state index in [0.29, 0.717) is 11.4 Å². The first kappa shape index (κ1) is 18.6. The average Bonchev–Trinajstić information content (AvgIpc) is 2.11. The molecule has 0 radical (unpaired) electrons. The predicted molar refractivity (Wildman–Crippen MR) is 80.6 cm³/mol. The van der Waals surface area contributed by atoms with E-state index >= 15 is 0 Å². The first-order chi connectivity index (χ1) is 8.87. The fraction of sp³-hybridized carbons (Fsp3) is 0.769. The van der Waals surface area contributed by atoms with Crippen LogP contribution < -0.4 is 5.32 Å². The van der Waals surface area contributed by atoms with Crippen molar-refractivity contribution in [2.75, 3.05) is 6.54 Å². The highest BCUT2D eigenvalue weighted by atomic mass is 32.1. The number of rotatable bonds is 1. The summed E-state index contributed by atoms with van der Waals surface area (Å²) in [6.45, 7) is 12.5. The SMILES string of the molecule is CCNC(=S)N(C(=O)OC(C)(C)C)C(=O)OC(C)(C)C. The Bertz CT molecular complexity index is 355. The van der Waals surface area contributed by atoms with Gasteiger partial charge in [0.15, 0.2) is 5.11 Å². The molecule has 6 nitrogen and oxygen atoms in total. The monoisotopic (exact) mass is 304 g/mol. The molecule has 0 atom stereocenters. The van der Waals surface area contributed by atoms with Gasteiger partial charge in [0.1, 0.15) is 11.2 Å². The Labute approximate surface area is 125 Å². The second-order valence-electron chi connectivity index (χ2n) is 6.13. The highest BCUT2D eigenvalue weighted by Gasteiger charge is 2.33. The Balaban J connectivity index is 5.13.